The second-order valence-electron chi connectivity index (χ2n) is 6.62. The summed E-state index contributed by atoms with van der Waals surface area (Å²) >= 11 is 6.16. The maximum atomic E-state index is 12.6. The van der Waals surface area contributed by atoms with E-state index < -0.39 is 6.09 Å². The highest BCUT2D eigenvalue weighted by molar-refractivity contribution is 6.31. The van der Waals surface area contributed by atoms with E-state index >= 15 is 0 Å². The minimum absolute atomic E-state index is 0.178. The summed E-state index contributed by atoms with van der Waals surface area (Å²) in [5.74, 6) is -0.306. The fourth-order valence-corrected chi connectivity index (χ4v) is 3.07. The second-order valence-corrected chi connectivity index (χ2v) is 7.06. The summed E-state index contributed by atoms with van der Waals surface area (Å²) in [5.41, 5.74) is 9.16. The van der Waals surface area contributed by atoms with E-state index in [1.165, 1.54) is 0 Å². The average Bonchev–Trinajstić information content (AvgIpc) is 2.76. The number of nitrogens with one attached hydrogen (secondary N) is 2. The van der Waals surface area contributed by atoms with Crippen LogP contribution >= 0.6 is 11.6 Å². The number of alkyl carbamates (subject to hydrolysis) is 1. The lowest BCUT2D eigenvalue weighted by molar-refractivity contribution is 0.102. The minimum atomic E-state index is -0.552. The second kappa shape index (κ2) is 10.4. The van der Waals surface area contributed by atoms with E-state index in [1.807, 2.05) is 48.5 Å². The Kier molecular flexibility index (Phi) is 7.43. The van der Waals surface area contributed by atoms with Gasteiger partial charge in [0.05, 0.1) is 0 Å². The molecule has 6 nitrogen and oxygen atoms in total. The summed E-state index contributed by atoms with van der Waals surface area (Å²) in [6, 6.07) is 21.6. The topological polar surface area (TPSA) is 93.5 Å². The van der Waals surface area contributed by atoms with Gasteiger partial charge in [0.1, 0.15) is 6.61 Å². The minimum Gasteiger partial charge on any atom is -0.445 e. The number of hydrogen-bond acceptors (Lipinski definition) is 4. The molecular weight excluding hydrogens is 402 g/mol. The molecule has 30 heavy (non-hydrogen) atoms. The Hall–Kier alpha value is -3.35. The van der Waals surface area contributed by atoms with E-state index in [9.17, 15) is 9.59 Å². The van der Waals surface area contributed by atoms with E-state index in [0.29, 0.717) is 28.4 Å². The molecular formula is C23H22ClN3O3. The van der Waals surface area contributed by atoms with Crippen LogP contribution in [0.25, 0.3) is 0 Å². The molecule has 0 aliphatic heterocycles. The third-order valence-corrected chi connectivity index (χ3v) is 4.51. The molecule has 3 aromatic carbocycles. The van der Waals surface area contributed by atoms with Crippen LogP contribution < -0.4 is 16.4 Å². The van der Waals surface area contributed by atoms with Crippen molar-refractivity contribution in [1.29, 1.82) is 0 Å². The van der Waals surface area contributed by atoms with Crippen molar-refractivity contribution in [2.45, 2.75) is 19.7 Å². The first-order valence-corrected chi connectivity index (χ1v) is 9.75. The Labute approximate surface area is 180 Å². The molecule has 4 N–H and O–H groups in total. The van der Waals surface area contributed by atoms with E-state index in [0.717, 1.165) is 11.1 Å². The zero-order valence-corrected chi connectivity index (χ0v) is 17.0. The maximum absolute atomic E-state index is 12.6. The SMILES string of the molecule is NCc1cccc(NC(=O)c2cc(Cl)cc(CNC(=O)OCc3ccccc3)c2)c1. The van der Waals surface area contributed by atoms with Crippen molar-refractivity contribution in [3.05, 3.63) is 100 Å². The van der Waals surface area contributed by atoms with Crippen LogP contribution in [0.2, 0.25) is 5.02 Å². The Morgan fingerprint density at radius 3 is 2.43 bits per heavy atom. The average molecular weight is 424 g/mol. The molecule has 7 heteroatoms. The Morgan fingerprint density at radius 1 is 0.900 bits per heavy atom. The molecule has 0 spiro atoms. The number of nitrogens with two attached hydrogens (primary N) is 1. The predicted octanol–water partition coefficient (Wildman–Crippen LogP) is 4.48. The highest BCUT2D eigenvalue weighted by Crippen LogP contribution is 2.18. The molecule has 0 fully saturated rings. The normalized spacial score (nSPS) is 10.3. The van der Waals surface area contributed by atoms with Crippen LogP contribution in [0.15, 0.2) is 72.8 Å². The third kappa shape index (κ3) is 6.34. The fourth-order valence-electron chi connectivity index (χ4n) is 2.81. The van der Waals surface area contributed by atoms with Gasteiger partial charge in [-0.05, 0) is 47.0 Å². The lowest BCUT2D eigenvalue weighted by Gasteiger charge is -2.10. The fraction of sp³-hybridized carbons (Fsp3) is 0.130. The lowest BCUT2D eigenvalue weighted by atomic mass is 10.1. The quantitative estimate of drug-likeness (QED) is 0.522. The molecule has 0 aliphatic carbocycles. The zero-order valence-electron chi connectivity index (χ0n) is 16.2. The number of hydrogen-bond donors (Lipinski definition) is 3. The van der Waals surface area contributed by atoms with Crippen molar-refractivity contribution in [3.63, 3.8) is 0 Å². The van der Waals surface area contributed by atoms with Crippen LogP contribution in [0.3, 0.4) is 0 Å². The van der Waals surface area contributed by atoms with E-state index in [1.54, 1.807) is 24.3 Å². The molecule has 154 valence electrons. The molecule has 0 heterocycles. The third-order valence-electron chi connectivity index (χ3n) is 4.29. The van der Waals surface area contributed by atoms with Crippen molar-refractivity contribution in [2.75, 3.05) is 5.32 Å². The van der Waals surface area contributed by atoms with Crippen LogP contribution in [0.4, 0.5) is 10.5 Å². The first-order chi connectivity index (χ1) is 14.5. The number of amides is 2. The number of anilines is 1. The molecule has 0 atom stereocenters. The molecule has 3 aromatic rings. The van der Waals surface area contributed by atoms with Gasteiger partial charge in [-0.25, -0.2) is 4.79 Å². The van der Waals surface area contributed by atoms with Gasteiger partial charge < -0.3 is 21.1 Å². The summed E-state index contributed by atoms with van der Waals surface area (Å²) in [4.78, 5) is 24.5. The van der Waals surface area contributed by atoms with Gasteiger partial charge in [0.25, 0.3) is 5.91 Å². The summed E-state index contributed by atoms with van der Waals surface area (Å²) in [6.45, 7) is 0.742. The number of rotatable bonds is 7. The van der Waals surface area contributed by atoms with Gasteiger partial charge in [-0.3, -0.25) is 4.79 Å². The van der Waals surface area contributed by atoms with Crippen LogP contribution in [0.1, 0.15) is 27.0 Å². The van der Waals surface area contributed by atoms with E-state index in [-0.39, 0.29) is 19.1 Å². The smallest absolute Gasteiger partial charge is 0.407 e. The molecule has 3 rings (SSSR count). The number of halogens is 1. The molecule has 0 radical (unpaired) electrons. The van der Waals surface area contributed by atoms with Crippen LogP contribution in [0, 0.1) is 0 Å². The number of benzene rings is 3. The first kappa shape index (κ1) is 21.4. The van der Waals surface area contributed by atoms with Gasteiger partial charge in [-0.15, -0.1) is 0 Å². The number of ether oxygens (including phenoxy) is 1. The van der Waals surface area contributed by atoms with Crippen molar-refractivity contribution in [3.8, 4) is 0 Å². The number of carbonyl (C=O) groups is 2. The zero-order chi connectivity index (χ0) is 21.3. The largest absolute Gasteiger partial charge is 0.445 e. The molecule has 2 amide bonds. The highest BCUT2D eigenvalue weighted by atomic mass is 35.5. The first-order valence-electron chi connectivity index (χ1n) is 9.38. The molecule has 0 unspecified atom stereocenters. The standard InChI is InChI=1S/C23H22ClN3O3/c24-20-10-18(14-26-23(29)30-15-16-5-2-1-3-6-16)9-19(12-20)22(28)27-21-8-4-7-17(11-21)13-25/h1-12H,13-15,25H2,(H,26,29)(H,27,28). The van der Waals surface area contributed by atoms with Crippen molar-refractivity contribution >= 4 is 29.3 Å². The highest BCUT2D eigenvalue weighted by Gasteiger charge is 2.10. The van der Waals surface area contributed by atoms with Gasteiger partial charge in [0.15, 0.2) is 0 Å². The molecule has 0 saturated heterocycles. The molecule has 0 saturated carbocycles. The molecule has 0 bridgehead atoms. The van der Waals surface area contributed by atoms with Crippen molar-refractivity contribution in [2.24, 2.45) is 5.73 Å². The summed E-state index contributed by atoms with van der Waals surface area (Å²) < 4.78 is 5.19. The van der Waals surface area contributed by atoms with E-state index in [2.05, 4.69) is 10.6 Å². The van der Waals surface area contributed by atoms with E-state index in [4.69, 9.17) is 22.1 Å². The lowest BCUT2D eigenvalue weighted by Crippen LogP contribution is -2.24. The summed E-state index contributed by atoms with van der Waals surface area (Å²) in [7, 11) is 0. The van der Waals surface area contributed by atoms with Gasteiger partial charge in [0, 0.05) is 29.4 Å². The monoisotopic (exact) mass is 423 g/mol. The van der Waals surface area contributed by atoms with Gasteiger partial charge >= 0.3 is 6.09 Å². The Morgan fingerprint density at radius 2 is 1.67 bits per heavy atom. The maximum Gasteiger partial charge on any atom is 0.407 e. The van der Waals surface area contributed by atoms with Gasteiger partial charge in [0.2, 0.25) is 0 Å². The Bertz CT molecular complexity index is 1030. The van der Waals surface area contributed by atoms with Crippen LogP contribution in [0.5, 0.6) is 0 Å². The van der Waals surface area contributed by atoms with Crippen molar-refractivity contribution < 1.29 is 14.3 Å². The summed E-state index contributed by atoms with van der Waals surface area (Å²) in [6.07, 6.45) is -0.552. The predicted molar refractivity (Wildman–Crippen MR) is 117 cm³/mol. The van der Waals surface area contributed by atoms with Gasteiger partial charge in [-0.2, -0.15) is 0 Å². The summed E-state index contributed by atoms with van der Waals surface area (Å²) in [5, 5.41) is 5.88. The molecule has 0 aliphatic rings. The number of carbonyl (C=O) groups excluding carboxylic acids is 2. The Balaban J connectivity index is 1.58. The van der Waals surface area contributed by atoms with Gasteiger partial charge in [-0.1, -0.05) is 54.1 Å². The van der Waals surface area contributed by atoms with Crippen molar-refractivity contribution in [1.82, 2.24) is 5.32 Å². The molecule has 0 aromatic heterocycles. The van der Waals surface area contributed by atoms with Crippen LogP contribution in [-0.4, -0.2) is 12.0 Å². The van der Waals surface area contributed by atoms with Crippen LogP contribution in [-0.2, 0) is 24.4 Å².